The van der Waals surface area contributed by atoms with Gasteiger partial charge in [0.2, 0.25) is 0 Å². The van der Waals surface area contributed by atoms with Crippen LogP contribution in [0.5, 0.6) is 0 Å². The van der Waals surface area contributed by atoms with Gasteiger partial charge in [-0.3, -0.25) is 9.69 Å². The Morgan fingerprint density at radius 3 is 2.32 bits per heavy atom. The molecule has 1 unspecified atom stereocenters. The molecule has 0 radical (unpaired) electrons. The Morgan fingerprint density at radius 1 is 1.16 bits per heavy atom. The van der Waals surface area contributed by atoms with E-state index in [4.69, 9.17) is 0 Å². The van der Waals surface area contributed by atoms with Gasteiger partial charge in [0, 0.05) is 18.5 Å². The molecule has 2 atom stereocenters. The molecule has 1 saturated heterocycles. The van der Waals surface area contributed by atoms with Gasteiger partial charge >= 0.3 is 0 Å². The zero-order valence-corrected chi connectivity index (χ0v) is 12.5. The summed E-state index contributed by atoms with van der Waals surface area (Å²) >= 11 is 0. The predicted molar refractivity (Wildman–Crippen MR) is 79.3 cm³/mol. The zero-order valence-electron chi connectivity index (χ0n) is 12.5. The number of rotatable bonds is 4. The highest BCUT2D eigenvalue weighted by molar-refractivity contribution is 5.86. The van der Waals surface area contributed by atoms with E-state index in [1.165, 1.54) is 5.56 Å². The van der Waals surface area contributed by atoms with Crippen LogP contribution in [0.3, 0.4) is 0 Å². The summed E-state index contributed by atoms with van der Waals surface area (Å²) in [5.41, 5.74) is 1.37. The molecule has 104 valence electrons. The average molecular weight is 259 g/mol. The molecule has 2 nitrogen and oxygen atoms in total. The molecule has 0 amide bonds. The summed E-state index contributed by atoms with van der Waals surface area (Å²) in [6.45, 7) is 9.40. The van der Waals surface area contributed by atoms with E-state index in [-0.39, 0.29) is 12.0 Å². The summed E-state index contributed by atoms with van der Waals surface area (Å²) < 4.78 is 0. The minimum Gasteiger partial charge on any atom is -0.298 e. The summed E-state index contributed by atoms with van der Waals surface area (Å²) in [5, 5.41) is 0. The molecular weight excluding hydrogens is 234 g/mol. The van der Waals surface area contributed by atoms with Crippen molar-refractivity contribution in [1.82, 2.24) is 4.90 Å². The second kappa shape index (κ2) is 5.87. The molecule has 0 N–H and O–H groups in total. The Hall–Kier alpha value is -1.15. The van der Waals surface area contributed by atoms with Gasteiger partial charge in [0.15, 0.2) is 5.78 Å². The highest BCUT2D eigenvalue weighted by atomic mass is 16.1. The van der Waals surface area contributed by atoms with E-state index in [1.807, 2.05) is 13.8 Å². The van der Waals surface area contributed by atoms with Crippen molar-refractivity contribution in [2.24, 2.45) is 5.92 Å². The number of ketones is 1. The number of Topliss-reactive ketones (excluding diaryl/α,β-unsaturated/α-hetero) is 1. The van der Waals surface area contributed by atoms with Crippen molar-refractivity contribution in [3.8, 4) is 0 Å². The van der Waals surface area contributed by atoms with Crippen molar-refractivity contribution < 1.29 is 4.79 Å². The number of carbonyl (C=O) groups is 1. The fraction of sp³-hybridized carbons (Fsp3) is 0.588. The van der Waals surface area contributed by atoms with Crippen LogP contribution in [0, 0.1) is 5.92 Å². The molecule has 0 saturated carbocycles. The van der Waals surface area contributed by atoms with Crippen molar-refractivity contribution in [2.45, 2.75) is 52.1 Å². The van der Waals surface area contributed by atoms with Gasteiger partial charge in [0.05, 0.1) is 6.04 Å². The van der Waals surface area contributed by atoms with Crippen molar-refractivity contribution in [3.05, 3.63) is 35.9 Å². The smallest absolute Gasteiger partial charge is 0.152 e. The lowest BCUT2D eigenvalue weighted by Gasteiger charge is -2.28. The minimum absolute atomic E-state index is 0.102. The molecule has 0 aromatic heterocycles. The maximum Gasteiger partial charge on any atom is 0.152 e. The third kappa shape index (κ3) is 3.06. The van der Waals surface area contributed by atoms with Crippen LogP contribution in [0.4, 0.5) is 0 Å². The van der Waals surface area contributed by atoms with Crippen LogP contribution < -0.4 is 0 Å². The molecule has 2 heteroatoms. The first-order valence-electron chi connectivity index (χ1n) is 7.35. The first-order chi connectivity index (χ1) is 9.00. The predicted octanol–water partition coefficient (Wildman–Crippen LogP) is 3.48. The summed E-state index contributed by atoms with van der Waals surface area (Å²) in [7, 11) is 0. The highest BCUT2D eigenvalue weighted by Gasteiger charge is 2.38. The van der Waals surface area contributed by atoms with Crippen LogP contribution in [0.25, 0.3) is 0 Å². The zero-order chi connectivity index (χ0) is 14.0. The van der Waals surface area contributed by atoms with Crippen molar-refractivity contribution in [2.75, 3.05) is 6.54 Å². The quantitative estimate of drug-likeness (QED) is 0.825. The van der Waals surface area contributed by atoms with Crippen molar-refractivity contribution in [1.29, 1.82) is 0 Å². The fourth-order valence-corrected chi connectivity index (χ4v) is 3.06. The number of hydrogen-bond acceptors (Lipinski definition) is 2. The van der Waals surface area contributed by atoms with Gasteiger partial charge in [-0.25, -0.2) is 0 Å². The van der Waals surface area contributed by atoms with Gasteiger partial charge in [0.25, 0.3) is 0 Å². The number of benzene rings is 1. The number of likely N-dealkylation sites (tertiary alicyclic amines) is 1. The average Bonchev–Trinajstić information content (AvgIpc) is 2.83. The molecule has 1 fully saturated rings. The van der Waals surface area contributed by atoms with E-state index in [0.717, 1.165) is 13.0 Å². The van der Waals surface area contributed by atoms with E-state index in [0.29, 0.717) is 17.7 Å². The third-order valence-electron chi connectivity index (χ3n) is 4.17. The van der Waals surface area contributed by atoms with Gasteiger partial charge in [-0.2, -0.15) is 0 Å². The molecule has 1 aliphatic heterocycles. The highest BCUT2D eigenvalue weighted by Crippen LogP contribution is 2.34. The lowest BCUT2D eigenvalue weighted by Crippen LogP contribution is -2.42. The normalized spacial score (nSPS) is 24.3. The Kier molecular flexibility index (Phi) is 4.41. The second-order valence-electron chi connectivity index (χ2n) is 6.21. The molecule has 0 spiro atoms. The Balaban J connectivity index is 2.19. The summed E-state index contributed by atoms with van der Waals surface area (Å²) in [6, 6.07) is 11.1. The molecule has 0 aliphatic carbocycles. The SMILES string of the molecule is CC(C)C(=O)[C@@H]1CC(c2ccccc2)CN1C(C)C. The lowest BCUT2D eigenvalue weighted by molar-refractivity contribution is -0.126. The molecule has 19 heavy (non-hydrogen) atoms. The van der Waals surface area contributed by atoms with Crippen LogP contribution in [0.1, 0.15) is 45.6 Å². The summed E-state index contributed by atoms with van der Waals surface area (Å²) in [4.78, 5) is 14.8. The van der Waals surface area contributed by atoms with Crippen molar-refractivity contribution in [3.63, 3.8) is 0 Å². The number of hydrogen-bond donors (Lipinski definition) is 0. The third-order valence-corrected chi connectivity index (χ3v) is 4.17. The number of carbonyl (C=O) groups excluding carboxylic acids is 1. The maximum absolute atomic E-state index is 12.4. The molecule has 0 bridgehead atoms. The largest absolute Gasteiger partial charge is 0.298 e. The molecule has 2 rings (SSSR count). The second-order valence-corrected chi connectivity index (χ2v) is 6.21. The Bertz CT molecular complexity index is 424. The first kappa shape index (κ1) is 14.3. The number of nitrogens with zero attached hydrogens (tertiary/aromatic N) is 1. The van der Waals surface area contributed by atoms with E-state index >= 15 is 0 Å². The van der Waals surface area contributed by atoms with Gasteiger partial charge in [-0.15, -0.1) is 0 Å². The lowest BCUT2D eigenvalue weighted by atomic mass is 9.92. The standard InChI is InChI=1S/C17H25NO/c1-12(2)17(19)16-10-15(11-18(16)13(3)4)14-8-6-5-7-9-14/h5-9,12-13,15-16H,10-11H2,1-4H3/t15?,16-/m0/s1. The molecule has 1 aliphatic rings. The monoisotopic (exact) mass is 259 g/mol. The van der Waals surface area contributed by atoms with Crippen LogP contribution >= 0.6 is 0 Å². The minimum atomic E-state index is 0.102. The topological polar surface area (TPSA) is 20.3 Å². The van der Waals surface area contributed by atoms with Crippen LogP contribution in [-0.4, -0.2) is 29.3 Å². The van der Waals surface area contributed by atoms with Gasteiger partial charge in [0.1, 0.15) is 0 Å². The van der Waals surface area contributed by atoms with Gasteiger partial charge < -0.3 is 0 Å². The Labute approximate surface area is 116 Å². The molecule has 1 heterocycles. The van der Waals surface area contributed by atoms with Crippen molar-refractivity contribution >= 4 is 5.78 Å². The molecule has 1 aromatic rings. The fourth-order valence-electron chi connectivity index (χ4n) is 3.06. The molecule has 1 aromatic carbocycles. The summed E-state index contributed by atoms with van der Waals surface area (Å²) in [5.74, 6) is 1.02. The van der Waals surface area contributed by atoms with Gasteiger partial charge in [-0.05, 0) is 31.7 Å². The molecular formula is C17H25NO. The van der Waals surface area contributed by atoms with Crippen LogP contribution in [0.15, 0.2) is 30.3 Å². The first-order valence-corrected chi connectivity index (χ1v) is 7.35. The maximum atomic E-state index is 12.4. The van der Waals surface area contributed by atoms with Gasteiger partial charge in [-0.1, -0.05) is 44.2 Å². The van der Waals surface area contributed by atoms with E-state index in [1.54, 1.807) is 0 Å². The van der Waals surface area contributed by atoms with E-state index in [9.17, 15) is 4.79 Å². The van der Waals surface area contributed by atoms with Crippen LogP contribution in [-0.2, 0) is 4.79 Å². The van der Waals surface area contributed by atoms with E-state index in [2.05, 4.69) is 49.1 Å². The summed E-state index contributed by atoms with van der Waals surface area (Å²) in [6.07, 6.45) is 0.971. The van der Waals surface area contributed by atoms with Crippen LogP contribution in [0.2, 0.25) is 0 Å². The van der Waals surface area contributed by atoms with E-state index < -0.39 is 0 Å². The Morgan fingerprint density at radius 2 is 1.79 bits per heavy atom.